The van der Waals surface area contributed by atoms with Crippen molar-refractivity contribution in [1.82, 2.24) is 5.32 Å². The van der Waals surface area contributed by atoms with Crippen LogP contribution < -0.4 is 11.1 Å². The van der Waals surface area contributed by atoms with E-state index in [0.29, 0.717) is 6.42 Å². The van der Waals surface area contributed by atoms with Crippen LogP contribution in [0.3, 0.4) is 0 Å². The zero-order valence-corrected chi connectivity index (χ0v) is 11.7. The number of hydrogen-bond donors (Lipinski definition) is 2. The minimum atomic E-state index is -0.274. The van der Waals surface area contributed by atoms with Gasteiger partial charge in [0.05, 0.1) is 0 Å². The Balaban J connectivity index is 1.94. The van der Waals surface area contributed by atoms with Gasteiger partial charge < -0.3 is 11.1 Å². The summed E-state index contributed by atoms with van der Waals surface area (Å²) in [5, 5.41) is 3.29. The molecule has 0 saturated heterocycles. The molecular formula is C17H20N2O. The molecule has 0 aliphatic heterocycles. The first kappa shape index (κ1) is 14.3. The van der Waals surface area contributed by atoms with E-state index in [4.69, 9.17) is 5.73 Å². The summed E-state index contributed by atoms with van der Waals surface area (Å²) in [5.74, 6) is -0.274. The fourth-order valence-corrected chi connectivity index (χ4v) is 2.11. The minimum absolute atomic E-state index is 0.0984. The Morgan fingerprint density at radius 3 is 2.25 bits per heavy atom. The van der Waals surface area contributed by atoms with Gasteiger partial charge in [-0.05, 0) is 23.6 Å². The molecule has 0 aromatic heterocycles. The average molecular weight is 268 g/mol. The number of hydrogen-bond acceptors (Lipinski definition) is 2. The SMILES string of the molecule is CC(CC(N)=O)NCc1ccc(-c2ccccc2)cc1. The van der Waals surface area contributed by atoms with E-state index >= 15 is 0 Å². The maximum Gasteiger partial charge on any atom is 0.218 e. The van der Waals surface area contributed by atoms with Gasteiger partial charge in [0.15, 0.2) is 0 Å². The van der Waals surface area contributed by atoms with Gasteiger partial charge in [-0.2, -0.15) is 0 Å². The molecule has 3 N–H and O–H groups in total. The first-order chi connectivity index (χ1) is 9.65. The third kappa shape index (κ3) is 4.21. The van der Waals surface area contributed by atoms with E-state index in [2.05, 4.69) is 41.7 Å². The number of benzene rings is 2. The van der Waals surface area contributed by atoms with Gasteiger partial charge in [-0.25, -0.2) is 0 Å². The topological polar surface area (TPSA) is 55.1 Å². The maximum absolute atomic E-state index is 10.8. The summed E-state index contributed by atoms with van der Waals surface area (Å²) >= 11 is 0. The van der Waals surface area contributed by atoms with Crippen LogP contribution in [0.5, 0.6) is 0 Å². The average Bonchev–Trinajstić information content (AvgIpc) is 2.46. The van der Waals surface area contributed by atoms with E-state index in [-0.39, 0.29) is 11.9 Å². The molecule has 0 fully saturated rings. The van der Waals surface area contributed by atoms with Crippen molar-refractivity contribution in [3.05, 3.63) is 60.2 Å². The smallest absolute Gasteiger partial charge is 0.218 e. The Bertz CT molecular complexity index is 549. The molecule has 2 rings (SSSR count). The van der Waals surface area contributed by atoms with E-state index in [9.17, 15) is 4.79 Å². The maximum atomic E-state index is 10.8. The lowest BCUT2D eigenvalue weighted by molar-refractivity contribution is -0.118. The molecule has 1 amide bonds. The van der Waals surface area contributed by atoms with E-state index in [1.54, 1.807) is 0 Å². The standard InChI is InChI=1S/C17H20N2O/c1-13(11-17(18)20)19-12-14-7-9-16(10-8-14)15-5-3-2-4-6-15/h2-10,13,19H,11-12H2,1H3,(H2,18,20). The van der Waals surface area contributed by atoms with Crippen molar-refractivity contribution in [2.45, 2.75) is 25.9 Å². The molecule has 3 heteroatoms. The second kappa shape index (κ2) is 6.87. The number of nitrogens with two attached hydrogens (primary N) is 1. The summed E-state index contributed by atoms with van der Waals surface area (Å²) in [6.07, 6.45) is 0.363. The number of carbonyl (C=O) groups excluding carboxylic acids is 1. The van der Waals surface area contributed by atoms with Crippen LogP contribution in [0.1, 0.15) is 18.9 Å². The largest absolute Gasteiger partial charge is 0.370 e. The highest BCUT2D eigenvalue weighted by atomic mass is 16.1. The Kier molecular flexibility index (Phi) is 4.91. The summed E-state index contributed by atoms with van der Waals surface area (Å²) in [6.45, 7) is 2.70. The lowest BCUT2D eigenvalue weighted by Crippen LogP contribution is -2.30. The van der Waals surface area contributed by atoms with Gasteiger partial charge in [-0.15, -0.1) is 0 Å². The first-order valence-electron chi connectivity index (χ1n) is 6.81. The Morgan fingerprint density at radius 1 is 1.05 bits per heavy atom. The zero-order valence-electron chi connectivity index (χ0n) is 11.7. The fourth-order valence-electron chi connectivity index (χ4n) is 2.11. The second-order valence-corrected chi connectivity index (χ2v) is 5.02. The van der Waals surface area contributed by atoms with Crippen molar-refractivity contribution < 1.29 is 4.79 Å². The molecule has 20 heavy (non-hydrogen) atoms. The van der Waals surface area contributed by atoms with Gasteiger partial charge in [-0.1, -0.05) is 54.6 Å². The minimum Gasteiger partial charge on any atom is -0.370 e. The highest BCUT2D eigenvalue weighted by Gasteiger charge is 2.05. The highest BCUT2D eigenvalue weighted by molar-refractivity contribution is 5.74. The molecule has 3 nitrogen and oxygen atoms in total. The quantitative estimate of drug-likeness (QED) is 0.846. The van der Waals surface area contributed by atoms with Crippen LogP contribution in [-0.4, -0.2) is 11.9 Å². The van der Waals surface area contributed by atoms with E-state index < -0.39 is 0 Å². The third-order valence-electron chi connectivity index (χ3n) is 3.22. The van der Waals surface area contributed by atoms with Crippen molar-refractivity contribution in [1.29, 1.82) is 0 Å². The number of primary amides is 1. The predicted molar refractivity (Wildman–Crippen MR) is 82.0 cm³/mol. The lowest BCUT2D eigenvalue weighted by Gasteiger charge is -2.12. The third-order valence-corrected chi connectivity index (χ3v) is 3.22. The molecule has 0 heterocycles. The van der Waals surface area contributed by atoms with Crippen LogP contribution in [0.15, 0.2) is 54.6 Å². The van der Waals surface area contributed by atoms with Crippen molar-refractivity contribution in [2.24, 2.45) is 5.73 Å². The summed E-state index contributed by atoms with van der Waals surface area (Å²) in [7, 11) is 0. The lowest BCUT2D eigenvalue weighted by atomic mass is 10.0. The molecule has 104 valence electrons. The normalized spacial score (nSPS) is 12.1. The van der Waals surface area contributed by atoms with Gasteiger partial charge in [-0.3, -0.25) is 4.79 Å². The van der Waals surface area contributed by atoms with E-state index in [1.807, 2.05) is 25.1 Å². The number of carbonyl (C=O) groups is 1. The summed E-state index contributed by atoms with van der Waals surface area (Å²) < 4.78 is 0. The molecule has 0 aliphatic carbocycles. The van der Waals surface area contributed by atoms with Crippen LogP contribution in [0.2, 0.25) is 0 Å². The summed E-state index contributed by atoms with van der Waals surface area (Å²) in [5.41, 5.74) is 8.79. The molecule has 0 bridgehead atoms. The Morgan fingerprint density at radius 2 is 1.65 bits per heavy atom. The van der Waals surface area contributed by atoms with E-state index in [0.717, 1.165) is 6.54 Å². The van der Waals surface area contributed by atoms with Crippen molar-refractivity contribution in [3.8, 4) is 11.1 Å². The molecular weight excluding hydrogens is 248 g/mol. The van der Waals surface area contributed by atoms with Crippen LogP contribution >= 0.6 is 0 Å². The van der Waals surface area contributed by atoms with Crippen LogP contribution in [0.4, 0.5) is 0 Å². The van der Waals surface area contributed by atoms with Gasteiger partial charge in [0, 0.05) is 19.0 Å². The zero-order chi connectivity index (χ0) is 14.4. The predicted octanol–water partition coefficient (Wildman–Crippen LogP) is 2.71. The highest BCUT2D eigenvalue weighted by Crippen LogP contribution is 2.19. The van der Waals surface area contributed by atoms with Gasteiger partial charge in [0.2, 0.25) is 5.91 Å². The molecule has 0 radical (unpaired) electrons. The monoisotopic (exact) mass is 268 g/mol. The number of amides is 1. The van der Waals surface area contributed by atoms with Crippen molar-refractivity contribution >= 4 is 5.91 Å². The number of nitrogens with one attached hydrogen (secondary N) is 1. The Labute approximate surface area is 119 Å². The van der Waals surface area contributed by atoms with Gasteiger partial charge in [0.25, 0.3) is 0 Å². The molecule has 1 unspecified atom stereocenters. The summed E-state index contributed by atoms with van der Waals surface area (Å²) in [6, 6.07) is 18.8. The van der Waals surface area contributed by atoms with Crippen LogP contribution in [-0.2, 0) is 11.3 Å². The molecule has 2 aromatic carbocycles. The Hall–Kier alpha value is -2.13. The van der Waals surface area contributed by atoms with Crippen LogP contribution in [0, 0.1) is 0 Å². The molecule has 2 aromatic rings. The van der Waals surface area contributed by atoms with Crippen molar-refractivity contribution in [2.75, 3.05) is 0 Å². The second-order valence-electron chi connectivity index (χ2n) is 5.02. The number of rotatable bonds is 6. The molecule has 1 atom stereocenters. The molecule has 0 saturated carbocycles. The molecule has 0 spiro atoms. The van der Waals surface area contributed by atoms with Gasteiger partial charge >= 0.3 is 0 Å². The molecule has 0 aliphatic rings. The summed E-state index contributed by atoms with van der Waals surface area (Å²) in [4.78, 5) is 10.8. The van der Waals surface area contributed by atoms with Crippen molar-refractivity contribution in [3.63, 3.8) is 0 Å². The van der Waals surface area contributed by atoms with Crippen LogP contribution in [0.25, 0.3) is 11.1 Å². The van der Waals surface area contributed by atoms with E-state index in [1.165, 1.54) is 16.7 Å². The fraction of sp³-hybridized carbons (Fsp3) is 0.235. The van der Waals surface area contributed by atoms with Gasteiger partial charge in [0.1, 0.15) is 0 Å². The first-order valence-corrected chi connectivity index (χ1v) is 6.81.